The highest BCUT2D eigenvalue weighted by Crippen LogP contribution is 1.93. The largest absolute Gasteiger partial charge is 0.0683 e. The van der Waals surface area contributed by atoms with Crippen LogP contribution in [0.5, 0.6) is 0 Å². The van der Waals surface area contributed by atoms with Crippen LogP contribution in [0.3, 0.4) is 0 Å². The molecule has 0 aromatic heterocycles. The molecule has 0 fully saturated rings. The molecule has 0 nitrogen and oxygen atoms in total. The molecule has 3 aromatic rings. The maximum absolute atomic E-state index is 2.08. The quantitative estimate of drug-likeness (QED) is 0.219. The molecule has 0 aliphatic rings. The summed E-state index contributed by atoms with van der Waals surface area (Å²) in [6, 6.07) is 30.8. The Kier molecular flexibility index (Phi) is 361. The fraction of sp³-hybridized carbons (Fsp3) is 0.633. The van der Waals surface area contributed by atoms with Crippen LogP contribution in [0.25, 0.3) is 0 Å². The molecule has 3 aromatic carbocycles. The first kappa shape index (κ1) is 91.2. The molecule has 0 unspecified atom stereocenters. The lowest BCUT2D eigenvalue weighted by Crippen LogP contribution is -1.62. The van der Waals surface area contributed by atoms with Crippen LogP contribution in [-0.2, 0) is 0 Å². The number of hydrogen-bond donors (Lipinski definition) is 0. The average molecular weight is 697 g/mol. The van der Waals surface area contributed by atoms with E-state index >= 15 is 0 Å². The lowest BCUT2D eigenvalue weighted by molar-refractivity contribution is 1.48. The van der Waals surface area contributed by atoms with Crippen LogP contribution in [0.15, 0.2) is 91.0 Å². The second-order valence-corrected chi connectivity index (χ2v) is 4.96. The van der Waals surface area contributed by atoms with Crippen LogP contribution in [0, 0.1) is 20.8 Å². The van der Waals surface area contributed by atoms with Crippen molar-refractivity contribution in [3.05, 3.63) is 108 Å². The van der Waals surface area contributed by atoms with E-state index in [1.54, 1.807) is 0 Å². The third-order valence-electron chi connectivity index (χ3n) is 2.82. The predicted molar refractivity (Wildman–Crippen MR) is 252 cm³/mol. The van der Waals surface area contributed by atoms with Gasteiger partial charge in [0.05, 0.1) is 0 Å². The molecule has 49 heavy (non-hydrogen) atoms. The summed E-state index contributed by atoms with van der Waals surface area (Å²) in [6.07, 6.45) is 0. The number of benzene rings is 3. The van der Waals surface area contributed by atoms with Gasteiger partial charge in [-0.15, -0.1) is 0 Å². The van der Waals surface area contributed by atoms with Gasteiger partial charge in [0, 0.05) is 0 Å². The zero-order valence-electron chi connectivity index (χ0n) is 41.2. The molecule has 0 heterocycles. The van der Waals surface area contributed by atoms with Crippen LogP contribution in [0.2, 0.25) is 0 Å². The summed E-state index contributed by atoms with van der Waals surface area (Å²) >= 11 is 0. The van der Waals surface area contributed by atoms with E-state index < -0.39 is 0 Å². The minimum atomic E-state index is 1.32. The van der Waals surface area contributed by atoms with Crippen LogP contribution in [0.1, 0.15) is 211 Å². The molecule has 0 spiro atoms. The lowest BCUT2D eigenvalue weighted by atomic mass is 10.2. The highest BCUT2D eigenvalue weighted by molar-refractivity contribution is 5.13. The van der Waals surface area contributed by atoms with Gasteiger partial charge >= 0.3 is 0 Å². The fourth-order valence-corrected chi connectivity index (χ4v) is 1.60. The molecule has 0 aliphatic heterocycles. The van der Waals surface area contributed by atoms with Gasteiger partial charge in [0.1, 0.15) is 0 Å². The highest BCUT2D eigenvalue weighted by Gasteiger charge is 1.73. The van der Waals surface area contributed by atoms with E-state index in [2.05, 4.69) is 57.2 Å². The molecular weight excluding hydrogens is 589 g/mol. The Bertz CT molecular complexity index is 479. The van der Waals surface area contributed by atoms with Crippen molar-refractivity contribution in [2.24, 2.45) is 0 Å². The van der Waals surface area contributed by atoms with E-state index in [-0.39, 0.29) is 0 Å². The Labute approximate surface area is 321 Å². The standard InChI is InChI=1S/3C7H8.14C2H6/c3*1-7-5-3-2-4-6-7;14*1-2/h3*2-6H,1H3;14*1-2H3. The van der Waals surface area contributed by atoms with E-state index in [0.717, 1.165) is 0 Å². The average Bonchev–Trinajstić information content (AvgIpc) is 3.26. The maximum atomic E-state index is 2.08. The summed E-state index contributed by atoms with van der Waals surface area (Å²) in [4.78, 5) is 0. The van der Waals surface area contributed by atoms with Gasteiger partial charge in [-0.3, -0.25) is 0 Å². The van der Waals surface area contributed by atoms with Gasteiger partial charge in [-0.05, 0) is 20.8 Å². The van der Waals surface area contributed by atoms with Gasteiger partial charge in [-0.25, -0.2) is 0 Å². The van der Waals surface area contributed by atoms with Crippen molar-refractivity contribution in [1.29, 1.82) is 0 Å². The van der Waals surface area contributed by atoms with E-state index in [1.807, 2.05) is 248 Å². The Morgan fingerprint density at radius 1 is 0.163 bits per heavy atom. The molecule has 0 heteroatoms. The molecule has 0 N–H and O–H groups in total. The van der Waals surface area contributed by atoms with Crippen molar-refractivity contribution in [1.82, 2.24) is 0 Å². The Hall–Kier alpha value is -2.34. The zero-order valence-corrected chi connectivity index (χ0v) is 41.2. The van der Waals surface area contributed by atoms with E-state index in [0.29, 0.717) is 0 Å². The van der Waals surface area contributed by atoms with E-state index in [1.165, 1.54) is 16.7 Å². The molecule has 3 rings (SSSR count). The first-order valence-corrected chi connectivity index (χ1v) is 21.2. The number of aryl methyl sites for hydroxylation is 3. The molecule has 304 valence electrons. The van der Waals surface area contributed by atoms with Crippen LogP contribution >= 0.6 is 0 Å². The summed E-state index contributed by atoms with van der Waals surface area (Å²) in [5, 5.41) is 0. The Morgan fingerprint density at radius 3 is 0.286 bits per heavy atom. The monoisotopic (exact) mass is 697 g/mol. The van der Waals surface area contributed by atoms with Gasteiger partial charge in [0.15, 0.2) is 0 Å². The van der Waals surface area contributed by atoms with E-state index in [9.17, 15) is 0 Å². The van der Waals surface area contributed by atoms with Crippen molar-refractivity contribution in [3.8, 4) is 0 Å². The Balaban J connectivity index is -0.0000000233. The van der Waals surface area contributed by atoms with Crippen molar-refractivity contribution >= 4 is 0 Å². The molecular formula is C49H108. The second kappa shape index (κ2) is 194. The predicted octanol–water partition coefficient (Wildman–Crippen LogP) is 20.4. The first-order chi connectivity index (χ1) is 24.2. The zero-order chi connectivity index (χ0) is 43.3. The minimum Gasteiger partial charge on any atom is -0.0683 e. The molecule has 0 radical (unpaired) electrons. The molecule has 0 atom stereocenters. The molecule has 0 saturated carbocycles. The van der Waals surface area contributed by atoms with Gasteiger partial charge in [-0.1, -0.05) is 302 Å². The highest BCUT2D eigenvalue weighted by atomic mass is 13.8. The van der Waals surface area contributed by atoms with Gasteiger partial charge in [0.25, 0.3) is 0 Å². The maximum Gasteiger partial charge on any atom is -0.0398 e. The van der Waals surface area contributed by atoms with Crippen LogP contribution < -0.4 is 0 Å². The smallest absolute Gasteiger partial charge is 0.0398 e. The van der Waals surface area contributed by atoms with Crippen LogP contribution in [0.4, 0.5) is 0 Å². The fourth-order valence-electron chi connectivity index (χ4n) is 1.60. The van der Waals surface area contributed by atoms with Crippen molar-refractivity contribution in [2.45, 2.75) is 215 Å². The summed E-state index contributed by atoms with van der Waals surface area (Å²) < 4.78 is 0. The summed E-state index contributed by atoms with van der Waals surface area (Å²) in [6.45, 7) is 62.3. The third kappa shape index (κ3) is 186. The molecule has 0 amide bonds. The van der Waals surface area contributed by atoms with Gasteiger partial charge in [-0.2, -0.15) is 0 Å². The third-order valence-corrected chi connectivity index (χ3v) is 2.82. The molecule has 0 bridgehead atoms. The molecule has 0 saturated heterocycles. The summed E-state index contributed by atoms with van der Waals surface area (Å²) in [5.74, 6) is 0. The van der Waals surface area contributed by atoms with Gasteiger partial charge < -0.3 is 0 Å². The first-order valence-electron chi connectivity index (χ1n) is 21.2. The lowest BCUT2D eigenvalue weighted by Gasteiger charge is -1.82. The second-order valence-electron chi connectivity index (χ2n) is 4.96. The SMILES string of the molecule is CC.CC.CC.CC.CC.CC.CC.CC.CC.CC.CC.CC.CC.CC.Cc1ccccc1.Cc1ccccc1.Cc1ccccc1. The normalized spacial score (nSPS) is 5.45. The van der Waals surface area contributed by atoms with E-state index in [4.69, 9.17) is 0 Å². The summed E-state index contributed by atoms with van der Waals surface area (Å²) in [7, 11) is 0. The Morgan fingerprint density at radius 2 is 0.245 bits per heavy atom. The summed E-state index contributed by atoms with van der Waals surface area (Å²) in [5.41, 5.74) is 3.97. The molecule has 0 aliphatic carbocycles. The van der Waals surface area contributed by atoms with Crippen molar-refractivity contribution < 1.29 is 0 Å². The topological polar surface area (TPSA) is 0 Å². The van der Waals surface area contributed by atoms with Crippen molar-refractivity contribution in [3.63, 3.8) is 0 Å². The number of hydrogen-bond acceptors (Lipinski definition) is 0. The van der Waals surface area contributed by atoms with Gasteiger partial charge in [0.2, 0.25) is 0 Å². The minimum absolute atomic E-state index is 1.32. The number of rotatable bonds is 0. The van der Waals surface area contributed by atoms with Crippen LogP contribution in [-0.4, -0.2) is 0 Å². The van der Waals surface area contributed by atoms with Crippen molar-refractivity contribution in [2.75, 3.05) is 0 Å².